The van der Waals surface area contributed by atoms with Gasteiger partial charge in [0.25, 0.3) is 0 Å². The molecular formula is C20H24N4O3S. The Bertz CT molecular complexity index is 999. The first-order valence-electron chi connectivity index (χ1n) is 9.12. The van der Waals surface area contributed by atoms with Gasteiger partial charge in [-0.25, -0.2) is 0 Å². The first kappa shape index (κ1) is 20.1. The maximum absolute atomic E-state index is 12.8. The van der Waals surface area contributed by atoms with Crippen LogP contribution in [0.4, 0.5) is 0 Å². The summed E-state index contributed by atoms with van der Waals surface area (Å²) in [7, 11) is 0. The third-order valence-corrected chi connectivity index (χ3v) is 5.37. The van der Waals surface area contributed by atoms with Crippen LogP contribution in [0, 0.1) is 19.8 Å². The second-order valence-corrected chi connectivity index (χ2v) is 8.12. The van der Waals surface area contributed by atoms with Gasteiger partial charge in [0, 0.05) is 17.8 Å². The normalized spacial score (nSPS) is 11.4. The zero-order valence-corrected chi connectivity index (χ0v) is 17.5. The average molecular weight is 401 g/mol. The Morgan fingerprint density at radius 1 is 1.29 bits per heavy atom. The topological polar surface area (TPSA) is 93.8 Å². The summed E-state index contributed by atoms with van der Waals surface area (Å²) in [4.78, 5) is 27.6. The van der Waals surface area contributed by atoms with Gasteiger partial charge in [-0.3, -0.25) is 14.2 Å². The van der Waals surface area contributed by atoms with Gasteiger partial charge in [0.05, 0.1) is 17.7 Å². The minimum absolute atomic E-state index is 0.0438. The van der Waals surface area contributed by atoms with Crippen LogP contribution in [0.5, 0.6) is 0 Å². The summed E-state index contributed by atoms with van der Waals surface area (Å²) in [5.41, 5.74) is 2.50. The molecule has 28 heavy (non-hydrogen) atoms. The van der Waals surface area contributed by atoms with Crippen molar-refractivity contribution < 1.29 is 14.0 Å². The largest absolute Gasteiger partial charge is 0.461 e. The van der Waals surface area contributed by atoms with E-state index in [1.807, 2.05) is 23.6 Å². The van der Waals surface area contributed by atoms with Gasteiger partial charge in [0.15, 0.2) is 28.3 Å². The van der Waals surface area contributed by atoms with Crippen LogP contribution < -0.4 is 0 Å². The quantitative estimate of drug-likeness (QED) is 0.447. The van der Waals surface area contributed by atoms with Gasteiger partial charge in [-0.15, -0.1) is 10.2 Å². The molecule has 3 rings (SSSR count). The van der Waals surface area contributed by atoms with Crippen molar-refractivity contribution in [1.82, 2.24) is 19.7 Å². The van der Waals surface area contributed by atoms with E-state index < -0.39 is 0 Å². The van der Waals surface area contributed by atoms with Crippen LogP contribution in [-0.4, -0.2) is 37.1 Å². The van der Waals surface area contributed by atoms with E-state index in [4.69, 9.17) is 4.42 Å². The number of carbonyl (C=O) groups is 2. The minimum atomic E-state index is -0.0725. The van der Waals surface area contributed by atoms with E-state index in [0.717, 1.165) is 5.69 Å². The molecule has 3 aromatic rings. The maximum atomic E-state index is 12.8. The smallest absolute Gasteiger partial charge is 0.200 e. The lowest BCUT2D eigenvalue weighted by Gasteiger charge is -2.11. The van der Waals surface area contributed by atoms with Crippen molar-refractivity contribution in [2.24, 2.45) is 5.92 Å². The van der Waals surface area contributed by atoms with Crippen molar-refractivity contribution in [3.63, 3.8) is 0 Å². The van der Waals surface area contributed by atoms with Crippen molar-refractivity contribution in [1.29, 1.82) is 0 Å². The van der Waals surface area contributed by atoms with Crippen LogP contribution >= 0.6 is 11.8 Å². The van der Waals surface area contributed by atoms with Crippen LogP contribution in [0.1, 0.15) is 52.9 Å². The molecule has 0 amide bonds. The first-order chi connectivity index (χ1) is 13.3. The fraction of sp³-hybridized carbons (Fsp3) is 0.400. The number of nitrogens with one attached hydrogen (secondary N) is 1. The fourth-order valence-corrected chi connectivity index (χ4v) is 4.09. The summed E-state index contributed by atoms with van der Waals surface area (Å²) < 4.78 is 7.45. The molecule has 0 aliphatic carbocycles. The van der Waals surface area contributed by atoms with E-state index in [1.165, 1.54) is 18.7 Å². The van der Waals surface area contributed by atoms with Gasteiger partial charge in [0.2, 0.25) is 0 Å². The summed E-state index contributed by atoms with van der Waals surface area (Å²) in [6.45, 7) is 10.1. The third-order valence-electron chi connectivity index (χ3n) is 4.41. The Kier molecular flexibility index (Phi) is 5.88. The number of thioether (sulfide) groups is 1. The Morgan fingerprint density at radius 2 is 2.04 bits per heavy atom. The van der Waals surface area contributed by atoms with Crippen LogP contribution in [0.2, 0.25) is 0 Å². The molecule has 0 spiro atoms. The number of ketones is 2. The summed E-state index contributed by atoms with van der Waals surface area (Å²) >= 11 is 1.34. The van der Waals surface area contributed by atoms with Gasteiger partial charge in [-0.1, -0.05) is 25.6 Å². The molecule has 0 fully saturated rings. The van der Waals surface area contributed by atoms with Crippen molar-refractivity contribution in [2.45, 2.75) is 46.3 Å². The monoisotopic (exact) mass is 400 g/mol. The number of carbonyl (C=O) groups excluding carboxylic acids is 2. The molecule has 0 atom stereocenters. The predicted molar refractivity (Wildman–Crippen MR) is 108 cm³/mol. The van der Waals surface area contributed by atoms with Crippen LogP contribution in [0.3, 0.4) is 0 Å². The van der Waals surface area contributed by atoms with Crippen LogP contribution in [-0.2, 0) is 6.54 Å². The number of furan rings is 1. The lowest BCUT2D eigenvalue weighted by Crippen LogP contribution is -2.10. The molecule has 8 heteroatoms. The van der Waals surface area contributed by atoms with Crippen LogP contribution in [0.15, 0.2) is 28.0 Å². The Hall–Kier alpha value is -2.61. The number of aryl methyl sites for hydroxylation is 1. The second-order valence-electron chi connectivity index (χ2n) is 7.18. The number of H-pyrrole nitrogens is 1. The molecule has 0 aliphatic rings. The number of aromatic amines is 1. The first-order valence-corrected chi connectivity index (χ1v) is 10.1. The molecule has 3 heterocycles. The van der Waals surface area contributed by atoms with E-state index in [2.05, 4.69) is 29.0 Å². The zero-order valence-electron chi connectivity index (χ0n) is 16.7. The van der Waals surface area contributed by atoms with Gasteiger partial charge < -0.3 is 9.40 Å². The van der Waals surface area contributed by atoms with E-state index in [1.54, 1.807) is 13.2 Å². The zero-order chi connectivity index (χ0) is 20.4. The molecule has 148 valence electrons. The van der Waals surface area contributed by atoms with Gasteiger partial charge in [-0.05, 0) is 44.4 Å². The fourth-order valence-electron chi connectivity index (χ4n) is 3.27. The highest BCUT2D eigenvalue weighted by Gasteiger charge is 2.22. The van der Waals surface area contributed by atoms with Gasteiger partial charge >= 0.3 is 0 Å². The number of aromatic nitrogens is 4. The summed E-state index contributed by atoms with van der Waals surface area (Å²) in [5, 5.41) is 9.19. The SMILES string of the molecule is CC(=O)c1c(C)[nH]c(C(=O)CSc2nnc(-c3ccco3)n2CC(C)C)c1C. The van der Waals surface area contributed by atoms with Gasteiger partial charge in [0.1, 0.15) is 0 Å². The standard InChI is InChI=1S/C20H24N4O3S/c1-11(2)9-24-19(16-7-6-8-27-16)22-23-20(24)28-10-15(26)18-12(3)17(14(5)25)13(4)21-18/h6-8,11,21H,9-10H2,1-5H3. The van der Waals surface area contributed by atoms with Crippen molar-refractivity contribution in [2.75, 3.05) is 5.75 Å². The Morgan fingerprint density at radius 3 is 2.61 bits per heavy atom. The molecule has 7 nitrogen and oxygen atoms in total. The van der Waals surface area contributed by atoms with E-state index in [9.17, 15) is 9.59 Å². The molecule has 0 unspecified atom stereocenters. The van der Waals surface area contributed by atoms with Crippen molar-refractivity contribution in [3.05, 3.63) is 40.9 Å². The number of hydrogen-bond acceptors (Lipinski definition) is 6. The highest BCUT2D eigenvalue weighted by Crippen LogP contribution is 2.27. The van der Waals surface area contributed by atoms with E-state index >= 15 is 0 Å². The van der Waals surface area contributed by atoms with Gasteiger partial charge in [-0.2, -0.15) is 0 Å². The lowest BCUT2D eigenvalue weighted by molar-refractivity contribution is 0.101. The third kappa shape index (κ3) is 3.96. The molecule has 0 radical (unpaired) electrons. The molecule has 0 aliphatic heterocycles. The van der Waals surface area contributed by atoms with Crippen LogP contribution in [0.25, 0.3) is 11.6 Å². The highest BCUT2D eigenvalue weighted by atomic mass is 32.2. The summed E-state index contributed by atoms with van der Waals surface area (Å²) in [6, 6.07) is 3.65. The molecule has 0 saturated carbocycles. The van der Waals surface area contributed by atoms with Crippen molar-refractivity contribution in [3.8, 4) is 11.6 Å². The van der Waals surface area contributed by atoms with Crippen molar-refractivity contribution >= 4 is 23.3 Å². The highest BCUT2D eigenvalue weighted by molar-refractivity contribution is 7.99. The minimum Gasteiger partial charge on any atom is -0.461 e. The predicted octanol–water partition coefficient (Wildman–Crippen LogP) is 4.32. The Balaban J connectivity index is 1.82. The number of rotatable bonds is 8. The van der Waals surface area contributed by atoms with E-state index in [0.29, 0.717) is 46.0 Å². The molecular weight excluding hydrogens is 376 g/mol. The summed E-state index contributed by atoms with van der Waals surface area (Å²) in [5.74, 6) is 1.76. The Labute approximate surface area is 167 Å². The second kappa shape index (κ2) is 8.18. The molecule has 3 aromatic heterocycles. The number of nitrogens with zero attached hydrogens (tertiary/aromatic N) is 3. The molecule has 0 saturated heterocycles. The molecule has 0 bridgehead atoms. The number of hydrogen-bond donors (Lipinski definition) is 1. The average Bonchev–Trinajstić information content (AvgIpc) is 3.32. The molecule has 0 aromatic carbocycles. The number of Topliss-reactive ketones (excluding diaryl/α,β-unsaturated/α-hetero) is 2. The maximum Gasteiger partial charge on any atom is 0.200 e. The van der Waals surface area contributed by atoms with E-state index in [-0.39, 0.29) is 17.3 Å². The lowest BCUT2D eigenvalue weighted by atomic mass is 10.1. The summed E-state index contributed by atoms with van der Waals surface area (Å²) in [6.07, 6.45) is 1.60. The molecule has 1 N–H and O–H groups in total.